The lowest BCUT2D eigenvalue weighted by Gasteiger charge is -2.48. The maximum absolute atomic E-state index is 4.01. The Morgan fingerprint density at radius 1 is 1.38 bits per heavy atom. The monoisotopic (exact) mass is 177 g/mol. The minimum atomic E-state index is 0.371. The van der Waals surface area contributed by atoms with Gasteiger partial charge in [-0.25, -0.2) is 9.97 Å². The van der Waals surface area contributed by atoms with E-state index in [0.717, 1.165) is 6.54 Å². The van der Waals surface area contributed by atoms with Gasteiger partial charge >= 0.3 is 0 Å². The van der Waals surface area contributed by atoms with Crippen LogP contribution < -0.4 is 0 Å². The zero-order chi connectivity index (χ0) is 9.31. The summed E-state index contributed by atoms with van der Waals surface area (Å²) in [6, 6.07) is 0. The average molecular weight is 177 g/mol. The van der Waals surface area contributed by atoms with E-state index in [1.165, 1.54) is 18.5 Å². The van der Waals surface area contributed by atoms with Gasteiger partial charge in [0.05, 0.1) is 0 Å². The summed E-state index contributed by atoms with van der Waals surface area (Å²) in [7, 11) is 0. The zero-order valence-electron chi connectivity index (χ0n) is 8.20. The van der Waals surface area contributed by atoms with Gasteiger partial charge in [-0.3, -0.25) is 4.90 Å². The minimum Gasteiger partial charge on any atom is -0.294 e. The van der Waals surface area contributed by atoms with Gasteiger partial charge in [0.15, 0.2) is 0 Å². The molecule has 0 amide bonds. The SMILES string of the molecule is CC1(C)CCN1Cc1cncnc1. The van der Waals surface area contributed by atoms with Gasteiger partial charge in [0.1, 0.15) is 6.33 Å². The van der Waals surface area contributed by atoms with Crippen LogP contribution in [0.5, 0.6) is 0 Å². The van der Waals surface area contributed by atoms with Crippen molar-refractivity contribution in [1.82, 2.24) is 14.9 Å². The third-order valence-corrected chi connectivity index (χ3v) is 2.84. The summed E-state index contributed by atoms with van der Waals surface area (Å²) in [5.74, 6) is 0. The molecule has 0 radical (unpaired) electrons. The van der Waals surface area contributed by atoms with Crippen LogP contribution in [0.1, 0.15) is 25.8 Å². The average Bonchev–Trinajstić information content (AvgIpc) is 2.15. The molecule has 0 saturated carbocycles. The van der Waals surface area contributed by atoms with Crippen LogP contribution in [0, 0.1) is 0 Å². The lowest BCUT2D eigenvalue weighted by Crippen LogP contribution is -2.54. The molecular weight excluding hydrogens is 162 g/mol. The molecule has 1 fully saturated rings. The number of rotatable bonds is 2. The Labute approximate surface area is 78.8 Å². The van der Waals surface area contributed by atoms with Crippen molar-refractivity contribution in [3.8, 4) is 0 Å². The molecule has 1 aromatic heterocycles. The Kier molecular flexibility index (Phi) is 2.04. The van der Waals surface area contributed by atoms with Gasteiger partial charge in [0.25, 0.3) is 0 Å². The van der Waals surface area contributed by atoms with Crippen molar-refractivity contribution >= 4 is 0 Å². The zero-order valence-corrected chi connectivity index (χ0v) is 8.20. The van der Waals surface area contributed by atoms with Crippen LogP contribution in [0.3, 0.4) is 0 Å². The molecule has 0 aliphatic carbocycles. The molecule has 2 heterocycles. The second kappa shape index (κ2) is 3.07. The molecule has 13 heavy (non-hydrogen) atoms. The van der Waals surface area contributed by atoms with E-state index in [1.54, 1.807) is 6.33 Å². The van der Waals surface area contributed by atoms with Gasteiger partial charge in [0, 0.05) is 36.6 Å². The van der Waals surface area contributed by atoms with Gasteiger partial charge in [-0.15, -0.1) is 0 Å². The van der Waals surface area contributed by atoms with Crippen molar-refractivity contribution < 1.29 is 0 Å². The topological polar surface area (TPSA) is 29.0 Å². The van der Waals surface area contributed by atoms with Crippen molar-refractivity contribution in [3.05, 3.63) is 24.3 Å². The van der Waals surface area contributed by atoms with Gasteiger partial charge in [-0.1, -0.05) is 0 Å². The Morgan fingerprint density at radius 2 is 2.08 bits per heavy atom. The van der Waals surface area contributed by atoms with Gasteiger partial charge < -0.3 is 0 Å². The van der Waals surface area contributed by atoms with Gasteiger partial charge in [0.2, 0.25) is 0 Å². The molecule has 0 spiro atoms. The third kappa shape index (κ3) is 1.70. The van der Waals surface area contributed by atoms with Crippen LogP contribution in [0.2, 0.25) is 0 Å². The van der Waals surface area contributed by atoms with Crippen molar-refractivity contribution in [2.75, 3.05) is 6.54 Å². The minimum absolute atomic E-state index is 0.371. The molecule has 0 N–H and O–H groups in total. The molecule has 1 aromatic rings. The van der Waals surface area contributed by atoms with E-state index in [0.29, 0.717) is 5.54 Å². The summed E-state index contributed by atoms with van der Waals surface area (Å²) in [6.45, 7) is 6.73. The maximum Gasteiger partial charge on any atom is 0.115 e. The highest BCUT2D eigenvalue weighted by atomic mass is 15.2. The summed E-state index contributed by atoms with van der Waals surface area (Å²) in [5, 5.41) is 0. The van der Waals surface area contributed by atoms with Crippen LogP contribution in [0.25, 0.3) is 0 Å². The second-order valence-electron chi connectivity index (χ2n) is 4.23. The molecule has 1 aliphatic rings. The summed E-state index contributed by atoms with van der Waals surface area (Å²) in [5.41, 5.74) is 1.57. The molecule has 2 rings (SSSR count). The summed E-state index contributed by atoms with van der Waals surface area (Å²) < 4.78 is 0. The van der Waals surface area contributed by atoms with Crippen molar-refractivity contribution in [2.24, 2.45) is 0 Å². The van der Waals surface area contributed by atoms with Crippen LogP contribution in [0.4, 0.5) is 0 Å². The Bertz CT molecular complexity index is 281. The lowest BCUT2D eigenvalue weighted by molar-refractivity contribution is 0.00777. The molecule has 0 unspecified atom stereocenters. The predicted octanol–water partition coefficient (Wildman–Crippen LogP) is 1.46. The van der Waals surface area contributed by atoms with E-state index in [4.69, 9.17) is 0 Å². The Morgan fingerprint density at radius 3 is 2.54 bits per heavy atom. The van der Waals surface area contributed by atoms with E-state index in [1.807, 2.05) is 12.4 Å². The molecule has 3 heteroatoms. The smallest absolute Gasteiger partial charge is 0.115 e. The first-order chi connectivity index (χ1) is 6.18. The van der Waals surface area contributed by atoms with E-state index in [-0.39, 0.29) is 0 Å². The standard InChI is InChI=1S/C10H15N3/c1-10(2)3-4-13(10)7-9-5-11-8-12-6-9/h5-6,8H,3-4,7H2,1-2H3. The normalized spacial score (nSPS) is 21.1. The van der Waals surface area contributed by atoms with E-state index in [9.17, 15) is 0 Å². The quantitative estimate of drug-likeness (QED) is 0.685. The number of nitrogens with zero attached hydrogens (tertiary/aromatic N) is 3. The number of likely N-dealkylation sites (tertiary alicyclic amines) is 1. The first-order valence-electron chi connectivity index (χ1n) is 4.67. The first kappa shape index (κ1) is 8.63. The second-order valence-corrected chi connectivity index (χ2v) is 4.23. The molecule has 70 valence electrons. The van der Waals surface area contributed by atoms with Crippen molar-refractivity contribution in [2.45, 2.75) is 32.4 Å². The van der Waals surface area contributed by atoms with Gasteiger partial charge in [-0.05, 0) is 20.3 Å². The molecule has 1 aliphatic heterocycles. The van der Waals surface area contributed by atoms with Crippen molar-refractivity contribution in [3.63, 3.8) is 0 Å². The van der Waals surface area contributed by atoms with E-state index < -0.39 is 0 Å². The highest BCUT2D eigenvalue weighted by Gasteiger charge is 2.35. The fourth-order valence-corrected chi connectivity index (χ4v) is 1.64. The van der Waals surface area contributed by atoms with Crippen LogP contribution in [-0.4, -0.2) is 27.0 Å². The highest BCUT2D eigenvalue weighted by Crippen LogP contribution is 2.30. The number of hydrogen-bond acceptors (Lipinski definition) is 3. The van der Waals surface area contributed by atoms with Crippen LogP contribution >= 0.6 is 0 Å². The fraction of sp³-hybridized carbons (Fsp3) is 0.600. The third-order valence-electron chi connectivity index (χ3n) is 2.84. The maximum atomic E-state index is 4.01. The van der Waals surface area contributed by atoms with E-state index >= 15 is 0 Å². The predicted molar refractivity (Wildman–Crippen MR) is 51.1 cm³/mol. The molecule has 1 saturated heterocycles. The lowest BCUT2D eigenvalue weighted by atomic mass is 9.88. The molecule has 0 atom stereocenters. The van der Waals surface area contributed by atoms with Gasteiger partial charge in [-0.2, -0.15) is 0 Å². The van der Waals surface area contributed by atoms with Crippen molar-refractivity contribution in [1.29, 1.82) is 0 Å². The fourth-order valence-electron chi connectivity index (χ4n) is 1.64. The van der Waals surface area contributed by atoms with Crippen LogP contribution in [0.15, 0.2) is 18.7 Å². The molecule has 0 bridgehead atoms. The summed E-state index contributed by atoms with van der Waals surface area (Å²) in [6.07, 6.45) is 6.65. The first-order valence-corrected chi connectivity index (χ1v) is 4.67. The van der Waals surface area contributed by atoms with Crippen LogP contribution in [-0.2, 0) is 6.54 Å². The number of aromatic nitrogens is 2. The largest absolute Gasteiger partial charge is 0.294 e. The molecule has 0 aromatic carbocycles. The molecule has 3 nitrogen and oxygen atoms in total. The molecular formula is C10H15N3. The van der Waals surface area contributed by atoms with E-state index in [2.05, 4.69) is 28.7 Å². The number of hydrogen-bond donors (Lipinski definition) is 0. The summed E-state index contributed by atoms with van der Waals surface area (Å²) in [4.78, 5) is 10.5. The summed E-state index contributed by atoms with van der Waals surface area (Å²) >= 11 is 0. The Hall–Kier alpha value is -0.960. The Balaban J connectivity index is 2.00. The highest BCUT2D eigenvalue weighted by molar-refractivity contribution is 5.05.